The van der Waals surface area contributed by atoms with Gasteiger partial charge < -0.3 is 14.8 Å². The predicted octanol–water partition coefficient (Wildman–Crippen LogP) is 5.90. The second-order valence-electron chi connectivity index (χ2n) is 5.93. The minimum atomic E-state index is -0.241. The van der Waals surface area contributed by atoms with Crippen molar-refractivity contribution in [1.29, 1.82) is 0 Å². The third-order valence-electron chi connectivity index (χ3n) is 4.09. The van der Waals surface area contributed by atoms with E-state index in [-0.39, 0.29) is 5.91 Å². The van der Waals surface area contributed by atoms with Crippen LogP contribution in [0, 0.1) is 0 Å². The molecule has 3 aromatic carbocycles. The van der Waals surface area contributed by atoms with Gasteiger partial charge in [0.1, 0.15) is 11.5 Å². The molecule has 1 amide bonds. The maximum atomic E-state index is 12.8. The third kappa shape index (κ3) is 5.00. The van der Waals surface area contributed by atoms with Gasteiger partial charge in [0.05, 0.1) is 19.9 Å². The van der Waals surface area contributed by atoms with Crippen LogP contribution in [0.4, 0.5) is 5.69 Å². The van der Waals surface area contributed by atoms with E-state index < -0.39 is 0 Å². The molecule has 0 aliphatic rings. The highest BCUT2D eigenvalue weighted by Gasteiger charge is 2.13. The molecule has 0 unspecified atom stereocenters. The number of ether oxygens (including phenoxy) is 2. The maximum Gasteiger partial charge on any atom is 0.255 e. The van der Waals surface area contributed by atoms with Crippen molar-refractivity contribution < 1.29 is 14.3 Å². The van der Waals surface area contributed by atoms with Gasteiger partial charge in [0.15, 0.2) is 0 Å². The summed E-state index contributed by atoms with van der Waals surface area (Å²) in [5, 5.41) is 3.38. The van der Waals surface area contributed by atoms with E-state index in [2.05, 4.69) is 17.4 Å². The van der Waals surface area contributed by atoms with Crippen LogP contribution in [0.1, 0.15) is 15.9 Å². The number of thioether (sulfide) groups is 1. The normalized spacial score (nSPS) is 10.4. The Hall–Kier alpha value is -2.63. The van der Waals surface area contributed by atoms with Crippen LogP contribution < -0.4 is 14.8 Å². The Morgan fingerprint density at radius 3 is 2.39 bits per heavy atom. The van der Waals surface area contributed by atoms with Crippen LogP contribution in [-0.2, 0) is 5.75 Å². The lowest BCUT2D eigenvalue weighted by molar-refractivity contribution is 0.102. The summed E-state index contributed by atoms with van der Waals surface area (Å²) in [6.07, 6.45) is 0. The zero-order chi connectivity index (χ0) is 19.9. The standard InChI is InChI=1S/C22H20ClNO3S/c1-26-20-10-8-15(12-16(20)14-28-18-6-4-3-5-7-18)22(25)24-19-13-17(23)9-11-21(19)27-2/h3-13H,14H2,1-2H3,(H,24,25). The fraction of sp³-hybridized carbons (Fsp3) is 0.136. The first-order chi connectivity index (χ1) is 13.6. The molecule has 1 N–H and O–H groups in total. The van der Waals surface area contributed by atoms with E-state index in [1.54, 1.807) is 50.2 Å². The molecule has 0 aliphatic heterocycles. The third-order valence-corrected chi connectivity index (χ3v) is 5.39. The van der Waals surface area contributed by atoms with Crippen molar-refractivity contribution in [3.8, 4) is 11.5 Å². The Balaban J connectivity index is 1.80. The van der Waals surface area contributed by atoms with E-state index in [1.807, 2.05) is 30.3 Å². The highest BCUT2D eigenvalue weighted by molar-refractivity contribution is 7.98. The molecule has 0 aliphatic carbocycles. The van der Waals surface area contributed by atoms with E-state index in [9.17, 15) is 4.79 Å². The van der Waals surface area contributed by atoms with Crippen molar-refractivity contribution in [1.82, 2.24) is 0 Å². The quantitative estimate of drug-likeness (QED) is 0.490. The van der Waals surface area contributed by atoms with Crippen LogP contribution in [0.3, 0.4) is 0 Å². The van der Waals surface area contributed by atoms with Gasteiger partial charge in [-0.15, -0.1) is 11.8 Å². The monoisotopic (exact) mass is 413 g/mol. The number of hydrogen-bond acceptors (Lipinski definition) is 4. The Bertz CT molecular complexity index is 963. The second kappa shape index (κ2) is 9.53. The molecule has 144 valence electrons. The Kier molecular flexibility index (Phi) is 6.85. The molecule has 0 atom stereocenters. The predicted molar refractivity (Wildman–Crippen MR) is 115 cm³/mol. The molecular formula is C22H20ClNO3S. The minimum Gasteiger partial charge on any atom is -0.496 e. The van der Waals surface area contributed by atoms with Crippen LogP contribution in [0.15, 0.2) is 71.6 Å². The van der Waals surface area contributed by atoms with Gasteiger partial charge in [0.2, 0.25) is 0 Å². The number of nitrogens with one attached hydrogen (secondary N) is 1. The van der Waals surface area contributed by atoms with Crippen molar-refractivity contribution in [2.45, 2.75) is 10.6 Å². The largest absolute Gasteiger partial charge is 0.496 e. The van der Waals surface area contributed by atoms with Crippen molar-refractivity contribution >= 4 is 35.0 Å². The number of halogens is 1. The zero-order valence-corrected chi connectivity index (χ0v) is 17.1. The van der Waals surface area contributed by atoms with Gasteiger partial charge in [-0.1, -0.05) is 29.8 Å². The van der Waals surface area contributed by atoms with Crippen molar-refractivity contribution in [3.05, 3.63) is 82.9 Å². The van der Waals surface area contributed by atoms with Crippen LogP contribution in [0.5, 0.6) is 11.5 Å². The molecule has 0 fully saturated rings. The number of carbonyl (C=O) groups is 1. The Labute approximate surface area is 173 Å². The molecule has 0 aromatic heterocycles. The average molecular weight is 414 g/mol. The minimum absolute atomic E-state index is 0.241. The molecule has 0 spiro atoms. The summed E-state index contributed by atoms with van der Waals surface area (Å²) < 4.78 is 10.7. The molecule has 0 saturated heterocycles. The smallest absolute Gasteiger partial charge is 0.255 e. The number of carbonyl (C=O) groups excluding carboxylic acids is 1. The van der Waals surface area contributed by atoms with Gasteiger partial charge in [-0.2, -0.15) is 0 Å². The molecular weight excluding hydrogens is 394 g/mol. The van der Waals surface area contributed by atoms with E-state index in [0.717, 1.165) is 16.2 Å². The molecule has 0 radical (unpaired) electrons. The average Bonchev–Trinajstić information content (AvgIpc) is 2.73. The van der Waals surface area contributed by atoms with E-state index in [4.69, 9.17) is 21.1 Å². The first kappa shape index (κ1) is 20.1. The number of rotatable bonds is 7. The first-order valence-electron chi connectivity index (χ1n) is 8.60. The number of anilines is 1. The van der Waals surface area contributed by atoms with Crippen LogP contribution in [-0.4, -0.2) is 20.1 Å². The maximum absolute atomic E-state index is 12.8. The SMILES string of the molecule is COc1ccc(C(=O)Nc2cc(Cl)ccc2OC)cc1CSc1ccccc1. The number of methoxy groups -OCH3 is 2. The molecule has 0 saturated carbocycles. The Morgan fingerprint density at radius 2 is 1.68 bits per heavy atom. The van der Waals surface area contributed by atoms with E-state index in [0.29, 0.717) is 27.8 Å². The summed E-state index contributed by atoms with van der Waals surface area (Å²) in [7, 11) is 3.17. The molecule has 28 heavy (non-hydrogen) atoms. The number of benzene rings is 3. The molecule has 0 bridgehead atoms. The van der Waals surface area contributed by atoms with Crippen molar-refractivity contribution in [3.63, 3.8) is 0 Å². The molecule has 3 aromatic rings. The van der Waals surface area contributed by atoms with Crippen molar-refractivity contribution in [2.24, 2.45) is 0 Å². The van der Waals surface area contributed by atoms with Crippen LogP contribution in [0.2, 0.25) is 5.02 Å². The Morgan fingerprint density at radius 1 is 0.964 bits per heavy atom. The highest BCUT2D eigenvalue weighted by atomic mass is 35.5. The lowest BCUT2D eigenvalue weighted by Gasteiger charge is -2.13. The summed E-state index contributed by atoms with van der Waals surface area (Å²) >= 11 is 7.73. The lowest BCUT2D eigenvalue weighted by atomic mass is 10.1. The van der Waals surface area contributed by atoms with Gasteiger partial charge in [0.25, 0.3) is 5.91 Å². The topological polar surface area (TPSA) is 47.6 Å². The van der Waals surface area contributed by atoms with Crippen LogP contribution >= 0.6 is 23.4 Å². The van der Waals surface area contributed by atoms with Gasteiger partial charge in [-0.3, -0.25) is 4.79 Å². The number of hydrogen-bond donors (Lipinski definition) is 1. The zero-order valence-electron chi connectivity index (χ0n) is 15.6. The van der Waals surface area contributed by atoms with Gasteiger partial charge >= 0.3 is 0 Å². The fourth-order valence-corrected chi connectivity index (χ4v) is 3.75. The van der Waals surface area contributed by atoms with Crippen molar-refractivity contribution in [2.75, 3.05) is 19.5 Å². The lowest BCUT2D eigenvalue weighted by Crippen LogP contribution is -2.13. The fourth-order valence-electron chi connectivity index (χ4n) is 2.68. The van der Waals surface area contributed by atoms with Gasteiger partial charge in [-0.05, 0) is 48.5 Å². The molecule has 6 heteroatoms. The van der Waals surface area contributed by atoms with Gasteiger partial charge in [-0.25, -0.2) is 0 Å². The highest BCUT2D eigenvalue weighted by Crippen LogP contribution is 2.31. The van der Waals surface area contributed by atoms with E-state index >= 15 is 0 Å². The summed E-state index contributed by atoms with van der Waals surface area (Å²) in [6.45, 7) is 0. The second-order valence-corrected chi connectivity index (χ2v) is 7.41. The summed E-state index contributed by atoms with van der Waals surface area (Å²) in [5.41, 5.74) is 2.00. The summed E-state index contributed by atoms with van der Waals surface area (Å²) in [4.78, 5) is 13.9. The molecule has 3 rings (SSSR count). The van der Waals surface area contributed by atoms with Crippen LogP contribution in [0.25, 0.3) is 0 Å². The van der Waals surface area contributed by atoms with E-state index in [1.165, 1.54) is 0 Å². The first-order valence-corrected chi connectivity index (χ1v) is 9.96. The molecule has 0 heterocycles. The van der Waals surface area contributed by atoms with Gasteiger partial charge in [0, 0.05) is 26.8 Å². The number of amides is 1. The molecule has 4 nitrogen and oxygen atoms in total. The summed E-state index contributed by atoms with van der Waals surface area (Å²) in [6, 6.07) is 20.6. The summed E-state index contributed by atoms with van der Waals surface area (Å²) in [5.74, 6) is 1.75.